The van der Waals surface area contributed by atoms with Gasteiger partial charge >= 0.3 is 5.97 Å². The molecule has 4 rings (SSSR count). The largest absolute Gasteiger partial charge is 0.467 e. The third-order valence-electron chi connectivity index (χ3n) is 4.46. The molecule has 1 atom stereocenters. The van der Waals surface area contributed by atoms with Crippen LogP contribution in [0.5, 0.6) is 0 Å². The highest BCUT2D eigenvalue weighted by atomic mass is 32.1. The smallest absolute Gasteiger partial charge is 0.338 e. The Bertz CT molecular complexity index is 992. The molecule has 1 aliphatic rings. The number of furan rings is 1. The van der Waals surface area contributed by atoms with Gasteiger partial charge in [0.25, 0.3) is 5.91 Å². The Kier molecular flexibility index (Phi) is 5.08. The monoisotopic (exact) mass is 394 g/mol. The van der Waals surface area contributed by atoms with Gasteiger partial charge in [-0.25, -0.2) is 9.80 Å². The van der Waals surface area contributed by atoms with E-state index in [9.17, 15) is 9.59 Å². The maximum Gasteiger partial charge on any atom is 0.338 e. The van der Waals surface area contributed by atoms with Crippen LogP contribution in [0.25, 0.3) is 0 Å². The van der Waals surface area contributed by atoms with Crippen LogP contribution in [0.1, 0.15) is 39.0 Å². The van der Waals surface area contributed by atoms with Crippen molar-refractivity contribution in [3.63, 3.8) is 0 Å². The fourth-order valence-electron chi connectivity index (χ4n) is 3.00. The van der Waals surface area contributed by atoms with Crippen molar-refractivity contribution < 1.29 is 18.7 Å². The fraction of sp³-hybridized carbons (Fsp3) is 0.190. The number of nitrogens with zero attached hydrogens (tertiary/aromatic N) is 2. The molecule has 0 bridgehead atoms. The Hall–Kier alpha value is -3.19. The number of thiophene rings is 1. The predicted octanol–water partition coefficient (Wildman–Crippen LogP) is 4.18. The first-order chi connectivity index (χ1) is 13.6. The summed E-state index contributed by atoms with van der Waals surface area (Å²) in [5.41, 5.74) is 2.27. The van der Waals surface area contributed by atoms with Gasteiger partial charge in [-0.05, 0) is 42.6 Å². The highest BCUT2D eigenvalue weighted by molar-refractivity contribution is 7.12. The molecule has 2 aromatic heterocycles. The van der Waals surface area contributed by atoms with Gasteiger partial charge in [-0.15, -0.1) is 11.3 Å². The van der Waals surface area contributed by atoms with E-state index in [2.05, 4.69) is 5.10 Å². The van der Waals surface area contributed by atoms with Crippen molar-refractivity contribution in [3.05, 3.63) is 81.9 Å². The van der Waals surface area contributed by atoms with Crippen LogP contribution in [-0.2, 0) is 9.53 Å². The van der Waals surface area contributed by atoms with E-state index in [-0.39, 0.29) is 12.6 Å². The first kappa shape index (κ1) is 18.2. The van der Waals surface area contributed by atoms with Gasteiger partial charge < -0.3 is 9.15 Å². The average Bonchev–Trinajstić information content (AvgIpc) is 3.46. The number of esters is 1. The Morgan fingerprint density at radius 3 is 2.71 bits per heavy atom. The van der Waals surface area contributed by atoms with E-state index in [4.69, 9.17) is 9.15 Å². The van der Waals surface area contributed by atoms with Crippen LogP contribution < -0.4 is 0 Å². The topological polar surface area (TPSA) is 72.1 Å². The maximum atomic E-state index is 12.8. The predicted molar refractivity (Wildman–Crippen MR) is 105 cm³/mol. The molecule has 6 nitrogen and oxygen atoms in total. The van der Waals surface area contributed by atoms with Crippen LogP contribution in [0.15, 0.2) is 69.7 Å². The van der Waals surface area contributed by atoms with Crippen LogP contribution in [-0.4, -0.2) is 29.2 Å². The summed E-state index contributed by atoms with van der Waals surface area (Å²) in [5.74, 6) is -0.286. The molecule has 28 heavy (non-hydrogen) atoms. The highest BCUT2D eigenvalue weighted by Crippen LogP contribution is 2.34. The van der Waals surface area contributed by atoms with Crippen molar-refractivity contribution in [2.45, 2.75) is 19.4 Å². The van der Waals surface area contributed by atoms with Crippen LogP contribution in [0.4, 0.5) is 0 Å². The van der Waals surface area contributed by atoms with E-state index >= 15 is 0 Å². The van der Waals surface area contributed by atoms with Gasteiger partial charge in [0.05, 0.1) is 22.4 Å². The number of hydrogen-bond acceptors (Lipinski definition) is 6. The molecule has 7 heteroatoms. The maximum absolute atomic E-state index is 12.8. The second kappa shape index (κ2) is 7.82. The number of ether oxygens (including phenoxy) is 1. The molecule has 0 saturated heterocycles. The molecule has 0 aliphatic carbocycles. The Morgan fingerprint density at radius 2 is 2.04 bits per heavy atom. The molecule has 0 N–H and O–H groups in total. The minimum Gasteiger partial charge on any atom is -0.467 e. The quantitative estimate of drug-likeness (QED) is 0.609. The number of benzene rings is 1. The van der Waals surface area contributed by atoms with Gasteiger partial charge in [0.2, 0.25) is 0 Å². The zero-order valence-electron chi connectivity index (χ0n) is 15.2. The molecule has 0 fully saturated rings. The van der Waals surface area contributed by atoms with E-state index in [1.807, 2.05) is 42.6 Å². The lowest BCUT2D eigenvalue weighted by molar-refractivity contribution is -0.136. The van der Waals surface area contributed by atoms with Crippen molar-refractivity contribution in [1.82, 2.24) is 5.01 Å². The SMILES string of the molecule is Cc1ccc(C(=O)OCC(=O)N2N=C(c3cccs3)CC2c2ccco2)cc1. The number of hydrazone groups is 1. The minimum atomic E-state index is -0.537. The van der Waals surface area contributed by atoms with Gasteiger partial charge in [-0.3, -0.25) is 4.79 Å². The summed E-state index contributed by atoms with van der Waals surface area (Å²) in [6.07, 6.45) is 2.12. The molecule has 3 aromatic rings. The summed E-state index contributed by atoms with van der Waals surface area (Å²) in [6.45, 7) is 1.55. The number of carbonyl (C=O) groups excluding carboxylic acids is 2. The van der Waals surface area contributed by atoms with Gasteiger partial charge in [-0.1, -0.05) is 23.8 Å². The molecular weight excluding hydrogens is 376 g/mol. The van der Waals surface area contributed by atoms with Crippen molar-refractivity contribution in [3.8, 4) is 0 Å². The standard InChI is InChI=1S/C21H18N2O4S/c1-14-6-8-15(9-7-14)21(25)27-13-20(24)23-17(18-4-2-10-26-18)12-16(22-23)19-5-3-11-28-19/h2-11,17H,12-13H2,1H3. The molecular formula is C21H18N2O4S. The third-order valence-corrected chi connectivity index (χ3v) is 5.38. The van der Waals surface area contributed by atoms with E-state index in [1.165, 1.54) is 5.01 Å². The van der Waals surface area contributed by atoms with E-state index in [0.29, 0.717) is 17.7 Å². The van der Waals surface area contributed by atoms with Gasteiger partial charge in [0, 0.05) is 6.42 Å². The Labute approximate surface area is 166 Å². The zero-order valence-corrected chi connectivity index (χ0v) is 16.0. The van der Waals surface area contributed by atoms with Gasteiger partial charge in [-0.2, -0.15) is 5.10 Å². The molecule has 0 radical (unpaired) electrons. The Balaban J connectivity index is 1.48. The average molecular weight is 394 g/mol. The lowest BCUT2D eigenvalue weighted by Crippen LogP contribution is -2.31. The van der Waals surface area contributed by atoms with Crippen molar-refractivity contribution in [2.24, 2.45) is 5.10 Å². The molecule has 142 valence electrons. The van der Waals surface area contributed by atoms with Gasteiger partial charge in [0.15, 0.2) is 6.61 Å². The summed E-state index contributed by atoms with van der Waals surface area (Å²) in [7, 11) is 0. The number of aryl methyl sites for hydroxylation is 1. The summed E-state index contributed by atoms with van der Waals surface area (Å²) >= 11 is 1.57. The molecule has 1 unspecified atom stereocenters. The lowest BCUT2D eigenvalue weighted by Gasteiger charge is -2.19. The highest BCUT2D eigenvalue weighted by Gasteiger charge is 2.35. The molecule has 1 amide bonds. The number of amides is 1. The molecule has 1 aromatic carbocycles. The van der Waals surface area contributed by atoms with Crippen molar-refractivity contribution in [2.75, 3.05) is 6.61 Å². The van der Waals surface area contributed by atoms with Crippen molar-refractivity contribution in [1.29, 1.82) is 0 Å². The van der Waals surface area contributed by atoms with E-state index in [1.54, 1.807) is 35.8 Å². The number of rotatable bonds is 5. The fourth-order valence-corrected chi connectivity index (χ4v) is 3.72. The number of carbonyl (C=O) groups is 2. The second-order valence-electron chi connectivity index (χ2n) is 6.44. The molecule has 1 aliphatic heterocycles. The van der Waals surface area contributed by atoms with Crippen LogP contribution in [0.3, 0.4) is 0 Å². The summed E-state index contributed by atoms with van der Waals surface area (Å²) < 4.78 is 10.7. The molecule has 0 saturated carbocycles. The lowest BCUT2D eigenvalue weighted by atomic mass is 10.1. The van der Waals surface area contributed by atoms with Crippen LogP contribution in [0, 0.1) is 6.92 Å². The zero-order chi connectivity index (χ0) is 19.5. The van der Waals surface area contributed by atoms with Crippen LogP contribution in [0.2, 0.25) is 0 Å². The Morgan fingerprint density at radius 1 is 1.21 bits per heavy atom. The summed E-state index contributed by atoms with van der Waals surface area (Å²) in [6, 6.07) is 14.2. The summed E-state index contributed by atoms with van der Waals surface area (Å²) in [5, 5.41) is 7.81. The number of hydrogen-bond donors (Lipinski definition) is 0. The van der Waals surface area contributed by atoms with Gasteiger partial charge in [0.1, 0.15) is 11.8 Å². The first-order valence-electron chi connectivity index (χ1n) is 8.82. The second-order valence-corrected chi connectivity index (χ2v) is 7.39. The molecule has 0 spiro atoms. The van der Waals surface area contributed by atoms with Crippen LogP contribution >= 0.6 is 11.3 Å². The van der Waals surface area contributed by atoms with E-state index in [0.717, 1.165) is 16.2 Å². The van der Waals surface area contributed by atoms with E-state index < -0.39 is 11.9 Å². The normalized spacial score (nSPS) is 16.1. The minimum absolute atomic E-state index is 0.349. The van der Waals surface area contributed by atoms with Crippen molar-refractivity contribution >= 4 is 28.9 Å². The first-order valence-corrected chi connectivity index (χ1v) is 9.70. The molecule has 3 heterocycles. The summed E-state index contributed by atoms with van der Waals surface area (Å²) in [4.78, 5) is 26.0. The third kappa shape index (κ3) is 3.75.